The Balaban J connectivity index is 0.00000211. The lowest BCUT2D eigenvalue weighted by Crippen LogP contribution is -2.19. The predicted molar refractivity (Wildman–Crippen MR) is 91.1 cm³/mol. The third-order valence-electron chi connectivity index (χ3n) is 2.74. The Morgan fingerprint density at radius 1 is 1.45 bits per heavy atom. The first kappa shape index (κ1) is 19.6. The lowest BCUT2D eigenvalue weighted by Gasteiger charge is -2.05. The van der Waals surface area contributed by atoms with Crippen molar-refractivity contribution < 1.29 is 9.18 Å². The molecule has 5 heteroatoms. The molecule has 1 aromatic rings. The molecule has 4 nitrogen and oxygen atoms in total. The number of rotatable bonds is 6. The number of carbonyl (C=O) groups is 1. The Kier molecular flexibility index (Phi) is 9.18. The Labute approximate surface area is 131 Å². The predicted octanol–water partition coefficient (Wildman–Crippen LogP) is 4.27. The molecule has 0 aliphatic carbocycles. The van der Waals surface area contributed by atoms with Crippen molar-refractivity contribution in [3.63, 3.8) is 0 Å². The molecule has 22 heavy (non-hydrogen) atoms. The van der Waals surface area contributed by atoms with Crippen LogP contribution in [0.2, 0.25) is 0 Å². The molecule has 0 radical (unpaired) electrons. The summed E-state index contributed by atoms with van der Waals surface area (Å²) in [6, 6.07) is 0. The van der Waals surface area contributed by atoms with Crippen LogP contribution >= 0.6 is 0 Å². The summed E-state index contributed by atoms with van der Waals surface area (Å²) in [5.74, 6) is -0.761. The second kappa shape index (κ2) is 10.3. The monoisotopic (exact) mass is 305 g/mol. The van der Waals surface area contributed by atoms with Crippen LogP contribution in [0.4, 0.5) is 4.39 Å². The Morgan fingerprint density at radius 3 is 2.55 bits per heavy atom. The van der Waals surface area contributed by atoms with Gasteiger partial charge in [-0.05, 0) is 31.1 Å². The molecule has 1 amide bonds. The normalized spacial score (nSPS) is 10.9. The maximum Gasteiger partial charge on any atom is 0.255 e. The van der Waals surface area contributed by atoms with Gasteiger partial charge in [0.05, 0.1) is 11.3 Å². The number of aromatic nitrogens is 2. The van der Waals surface area contributed by atoms with Gasteiger partial charge in [-0.15, -0.1) is 0 Å². The molecule has 0 spiro atoms. The quantitative estimate of drug-likeness (QED) is 0.771. The van der Waals surface area contributed by atoms with E-state index < -0.39 is 5.83 Å². The van der Waals surface area contributed by atoms with Crippen LogP contribution in [0.15, 0.2) is 37.2 Å². The molecular formula is C17H24FN3O. The first-order chi connectivity index (χ1) is 10.5. The van der Waals surface area contributed by atoms with Gasteiger partial charge in [-0.2, -0.15) is 5.10 Å². The Morgan fingerprint density at radius 2 is 2.09 bits per heavy atom. The second-order valence-corrected chi connectivity index (χ2v) is 4.01. The summed E-state index contributed by atoms with van der Waals surface area (Å²) in [6.45, 7) is 12.6. The van der Waals surface area contributed by atoms with Gasteiger partial charge < -0.3 is 5.32 Å². The average molecular weight is 305 g/mol. The summed E-state index contributed by atoms with van der Waals surface area (Å²) in [5, 5.41) is 9.49. The molecule has 0 unspecified atom stereocenters. The maximum absolute atomic E-state index is 12.6. The van der Waals surface area contributed by atoms with E-state index in [2.05, 4.69) is 28.7 Å². The number of amides is 1. The van der Waals surface area contributed by atoms with Crippen LogP contribution in [0.1, 0.15) is 48.9 Å². The zero-order valence-electron chi connectivity index (χ0n) is 13.7. The number of nitrogens with zero attached hydrogens (tertiary/aromatic N) is 1. The number of hydrogen-bond donors (Lipinski definition) is 2. The van der Waals surface area contributed by atoms with Gasteiger partial charge in [0, 0.05) is 7.05 Å². The standard InChI is InChI=1S/C15H18FN3O.C2H6/c1-5-11(9-7-8-10(3)16)14-13(15(20)17-4)12(6-2)18-19-14;1-2/h5-8H,2-3,9H2,1,4H3,(H,17,20)(H,18,19);1-2H3/b8-7-,11-5+;. The van der Waals surface area contributed by atoms with Gasteiger partial charge in [-0.1, -0.05) is 39.2 Å². The summed E-state index contributed by atoms with van der Waals surface area (Å²) in [7, 11) is 1.55. The van der Waals surface area contributed by atoms with Crippen molar-refractivity contribution in [3.05, 3.63) is 54.2 Å². The minimum atomic E-state index is -0.513. The molecule has 0 aliphatic heterocycles. The van der Waals surface area contributed by atoms with Gasteiger partial charge in [0.1, 0.15) is 11.5 Å². The number of H-pyrrole nitrogens is 1. The van der Waals surface area contributed by atoms with Gasteiger partial charge in [0.15, 0.2) is 0 Å². The van der Waals surface area contributed by atoms with Crippen molar-refractivity contribution in [2.45, 2.75) is 27.2 Å². The van der Waals surface area contributed by atoms with Crippen molar-refractivity contribution in [2.24, 2.45) is 0 Å². The Hall–Kier alpha value is -2.43. The van der Waals surface area contributed by atoms with Gasteiger partial charge in [0.2, 0.25) is 0 Å². The van der Waals surface area contributed by atoms with E-state index in [1.54, 1.807) is 13.1 Å². The third kappa shape index (κ3) is 5.16. The largest absolute Gasteiger partial charge is 0.355 e. The van der Waals surface area contributed by atoms with E-state index in [4.69, 9.17) is 0 Å². The molecule has 0 saturated carbocycles. The lowest BCUT2D eigenvalue weighted by atomic mass is 10.0. The summed E-state index contributed by atoms with van der Waals surface area (Å²) in [5.41, 5.74) is 2.34. The van der Waals surface area contributed by atoms with Crippen molar-refractivity contribution in [3.8, 4) is 0 Å². The van der Waals surface area contributed by atoms with Gasteiger partial charge in [0.25, 0.3) is 5.91 Å². The number of aromatic amines is 1. The number of nitrogens with one attached hydrogen (secondary N) is 2. The van der Waals surface area contributed by atoms with Crippen LogP contribution in [0.3, 0.4) is 0 Å². The highest BCUT2D eigenvalue weighted by Gasteiger charge is 2.19. The molecule has 1 aromatic heterocycles. The van der Waals surface area contributed by atoms with E-state index in [-0.39, 0.29) is 5.91 Å². The van der Waals surface area contributed by atoms with Crippen LogP contribution in [0.25, 0.3) is 11.6 Å². The minimum Gasteiger partial charge on any atom is -0.355 e. The zero-order chi connectivity index (χ0) is 17.1. The zero-order valence-corrected chi connectivity index (χ0v) is 13.7. The highest BCUT2D eigenvalue weighted by molar-refractivity contribution is 6.01. The number of allylic oxidation sites excluding steroid dienone is 5. The number of halogens is 1. The highest BCUT2D eigenvalue weighted by Crippen LogP contribution is 2.24. The fourth-order valence-electron chi connectivity index (χ4n) is 1.76. The molecule has 0 aromatic carbocycles. The van der Waals surface area contributed by atoms with Crippen LogP contribution in [-0.2, 0) is 0 Å². The lowest BCUT2D eigenvalue weighted by molar-refractivity contribution is 0.0962. The SMILES string of the molecule is C=Cc1[nH]nc(/C(=C/C)C/C=C\C(=C)F)c1C(=O)NC.CC. The van der Waals surface area contributed by atoms with Crippen molar-refractivity contribution in [1.82, 2.24) is 15.5 Å². The van der Waals surface area contributed by atoms with E-state index in [9.17, 15) is 9.18 Å². The molecule has 1 heterocycles. The third-order valence-corrected chi connectivity index (χ3v) is 2.74. The minimum absolute atomic E-state index is 0.248. The highest BCUT2D eigenvalue weighted by atomic mass is 19.1. The average Bonchev–Trinajstić information content (AvgIpc) is 2.96. The van der Waals surface area contributed by atoms with E-state index in [1.165, 1.54) is 12.2 Å². The molecule has 0 aliphatic rings. The van der Waals surface area contributed by atoms with Gasteiger partial charge in [-0.25, -0.2) is 4.39 Å². The molecule has 2 N–H and O–H groups in total. The molecular weight excluding hydrogens is 281 g/mol. The maximum atomic E-state index is 12.6. The molecule has 0 atom stereocenters. The van der Waals surface area contributed by atoms with Crippen LogP contribution in [-0.4, -0.2) is 23.2 Å². The first-order valence-corrected chi connectivity index (χ1v) is 7.14. The topological polar surface area (TPSA) is 57.8 Å². The Bertz CT molecular complexity index is 583. The van der Waals surface area contributed by atoms with E-state index in [0.717, 1.165) is 5.57 Å². The van der Waals surface area contributed by atoms with Crippen molar-refractivity contribution in [2.75, 3.05) is 7.05 Å². The van der Waals surface area contributed by atoms with Crippen molar-refractivity contribution in [1.29, 1.82) is 0 Å². The summed E-state index contributed by atoms with van der Waals surface area (Å²) in [4.78, 5) is 11.9. The van der Waals surface area contributed by atoms with E-state index in [0.29, 0.717) is 23.4 Å². The smallest absolute Gasteiger partial charge is 0.255 e. The molecule has 0 bridgehead atoms. The summed E-state index contributed by atoms with van der Waals surface area (Å²) in [6.07, 6.45) is 6.73. The van der Waals surface area contributed by atoms with Gasteiger partial charge in [-0.3, -0.25) is 9.89 Å². The molecule has 0 fully saturated rings. The molecule has 120 valence electrons. The molecule has 0 saturated heterocycles. The van der Waals surface area contributed by atoms with E-state index >= 15 is 0 Å². The molecule has 1 rings (SSSR count). The van der Waals surface area contributed by atoms with Gasteiger partial charge >= 0.3 is 0 Å². The number of hydrogen-bond acceptors (Lipinski definition) is 2. The second-order valence-electron chi connectivity index (χ2n) is 4.01. The summed E-state index contributed by atoms with van der Waals surface area (Å²) < 4.78 is 12.6. The fourth-order valence-corrected chi connectivity index (χ4v) is 1.76. The number of carbonyl (C=O) groups excluding carboxylic acids is 1. The van der Waals surface area contributed by atoms with Crippen LogP contribution in [0, 0.1) is 0 Å². The first-order valence-electron chi connectivity index (χ1n) is 7.14. The fraction of sp³-hybridized carbons (Fsp3) is 0.294. The van der Waals surface area contributed by atoms with Crippen LogP contribution < -0.4 is 5.32 Å². The summed E-state index contributed by atoms with van der Waals surface area (Å²) >= 11 is 0. The van der Waals surface area contributed by atoms with Crippen molar-refractivity contribution >= 4 is 17.6 Å². The van der Waals surface area contributed by atoms with Crippen LogP contribution in [0.5, 0.6) is 0 Å². The van der Waals surface area contributed by atoms with E-state index in [1.807, 2.05) is 26.8 Å².